The summed E-state index contributed by atoms with van der Waals surface area (Å²) in [6.45, 7) is 3.54. The molecule has 1 saturated heterocycles. The van der Waals surface area contributed by atoms with Gasteiger partial charge in [-0.25, -0.2) is 4.98 Å². The Morgan fingerprint density at radius 3 is 3.14 bits per heavy atom. The van der Waals surface area contributed by atoms with Gasteiger partial charge in [0.15, 0.2) is 5.69 Å². The molecule has 1 aliphatic rings. The van der Waals surface area contributed by atoms with Crippen LogP contribution < -0.4 is 5.32 Å². The fourth-order valence-electron chi connectivity index (χ4n) is 2.64. The normalized spacial score (nSPS) is 19.0. The molecule has 0 saturated carbocycles. The van der Waals surface area contributed by atoms with Crippen molar-refractivity contribution in [3.8, 4) is 10.8 Å². The van der Waals surface area contributed by atoms with E-state index < -0.39 is 0 Å². The van der Waals surface area contributed by atoms with Crippen molar-refractivity contribution in [2.75, 3.05) is 20.1 Å². The van der Waals surface area contributed by atoms with E-state index in [0.29, 0.717) is 29.9 Å². The van der Waals surface area contributed by atoms with Crippen LogP contribution in [-0.4, -0.2) is 42.0 Å². The molecule has 112 valence electrons. The van der Waals surface area contributed by atoms with Crippen molar-refractivity contribution in [1.29, 1.82) is 0 Å². The summed E-state index contributed by atoms with van der Waals surface area (Å²) >= 11 is 1.55. The number of amides is 1. The highest BCUT2D eigenvalue weighted by Gasteiger charge is 2.23. The lowest BCUT2D eigenvalue weighted by atomic mass is 10.2. The number of oxazole rings is 1. The lowest BCUT2D eigenvalue weighted by Gasteiger charge is -2.19. The second kappa shape index (κ2) is 5.99. The molecule has 1 aliphatic heterocycles. The Bertz CT molecular complexity index is 621. The average Bonchev–Trinajstić information content (AvgIpc) is 3.16. The molecule has 21 heavy (non-hydrogen) atoms. The molecule has 0 spiro atoms. The Kier molecular flexibility index (Phi) is 4.07. The average molecular weight is 305 g/mol. The fraction of sp³-hybridized carbons (Fsp3) is 0.467. The molecule has 1 fully saturated rings. The molecule has 3 rings (SSSR count). The molecule has 1 atom stereocenters. The van der Waals surface area contributed by atoms with Crippen LogP contribution in [0.4, 0.5) is 0 Å². The third-order valence-electron chi connectivity index (χ3n) is 3.91. The maximum Gasteiger partial charge on any atom is 0.273 e. The fourth-order valence-corrected chi connectivity index (χ4v) is 3.29. The van der Waals surface area contributed by atoms with Gasteiger partial charge in [0.2, 0.25) is 5.89 Å². The Morgan fingerprint density at radius 2 is 2.48 bits per heavy atom. The van der Waals surface area contributed by atoms with Crippen molar-refractivity contribution in [2.45, 2.75) is 25.8 Å². The smallest absolute Gasteiger partial charge is 0.273 e. The zero-order valence-electron chi connectivity index (χ0n) is 12.3. The van der Waals surface area contributed by atoms with Gasteiger partial charge in [0.05, 0.1) is 4.88 Å². The number of nitrogens with one attached hydrogen (secondary N) is 1. The number of aryl methyl sites for hydroxylation is 1. The number of carbonyl (C=O) groups is 1. The van der Waals surface area contributed by atoms with Crippen LogP contribution in [0.2, 0.25) is 0 Å². The zero-order valence-corrected chi connectivity index (χ0v) is 13.1. The van der Waals surface area contributed by atoms with Crippen molar-refractivity contribution in [3.05, 3.63) is 29.0 Å². The molecule has 6 heteroatoms. The summed E-state index contributed by atoms with van der Waals surface area (Å²) in [7, 11) is 2.10. The van der Waals surface area contributed by atoms with Crippen LogP contribution in [0.1, 0.15) is 29.1 Å². The number of likely N-dealkylation sites (tertiary alicyclic amines) is 1. The highest BCUT2D eigenvalue weighted by Crippen LogP contribution is 2.25. The molecular weight excluding hydrogens is 286 g/mol. The standard InChI is InChI=1S/C15H19N3O2S/c1-10-13(17-15(20-10)12-6-4-8-21-12)14(19)16-9-11-5-3-7-18(11)2/h4,6,8,11H,3,5,7,9H2,1-2H3,(H,16,19)/t11-/m1/s1. The van der Waals surface area contributed by atoms with Crippen molar-refractivity contribution >= 4 is 17.2 Å². The second-order valence-electron chi connectivity index (χ2n) is 5.39. The topological polar surface area (TPSA) is 58.4 Å². The summed E-state index contributed by atoms with van der Waals surface area (Å²) in [5.41, 5.74) is 0.388. The first kappa shape index (κ1) is 14.3. The molecule has 0 aromatic carbocycles. The van der Waals surface area contributed by atoms with Gasteiger partial charge >= 0.3 is 0 Å². The second-order valence-corrected chi connectivity index (χ2v) is 6.34. The third kappa shape index (κ3) is 3.01. The highest BCUT2D eigenvalue weighted by molar-refractivity contribution is 7.13. The van der Waals surface area contributed by atoms with Gasteiger partial charge in [-0.05, 0) is 44.8 Å². The summed E-state index contributed by atoms with van der Waals surface area (Å²) in [5.74, 6) is 0.931. The van der Waals surface area contributed by atoms with E-state index >= 15 is 0 Å². The van der Waals surface area contributed by atoms with Crippen molar-refractivity contribution in [3.63, 3.8) is 0 Å². The van der Waals surface area contributed by atoms with E-state index in [-0.39, 0.29) is 5.91 Å². The van der Waals surface area contributed by atoms with Crippen LogP contribution in [0, 0.1) is 6.92 Å². The predicted octanol–water partition coefficient (Wildman–Crippen LogP) is 2.54. The number of rotatable bonds is 4. The van der Waals surface area contributed by atoms with E-state index in [9.17, 15) is 4.79 Å². The Hall–Kier alpha value is -1.66. The number of likely N-dealkylation sites (N-methyl/N-ethyl adjacent to an activating group) is 1. The van der Waals surface area contributed by atoms with Crippen LogP contribution in [0.5, 0.6) is 0 Å². The largest absolute Gasteiger partial charge is 0.440 e. The van der Waals surface area contributed by atoms with Crippen molar-refractivity contribution in [1.82, 2.24) is 15.2 Å². The molecule has 2 aromatic rings. The SMILES string of the molecule is Cc1oc(-c2cccs2)nc1C(=O)NC[C@H]1CCCN1C. The minimum Gasteiger partial charge on any atom is -0.440 e. The van der Waals surface area contributed by atoms with Gasteiger partial charge in [-0.1, -0.05) is 6.07 Å². The summed E-state index contributed by atoms with van der Waals surface area (Å²) in [6.07, 6.45) is 2.33. The summed E-state index contributed by atoms with van der Waals surface area (Å²) in [5, 5.41) is 4.93. The van der Waals surface area contributed by atoms with Crippen LogP contribution in [0.15, 0.2) is 21.9 Å². The van der Waals surface area contributed by atoms with Crippen LogP contribution in [0.25, 0.3) is 10.8 Å². The molecular formula is C15H19N3O2S. The van der Waals surface area contributed by atoms with Crippen LogP contribution in [-0.2, 0) is 0 Å². The lowest BCUT2D eigenvalue weighted by molar-refractivity contribution is 0.0938. The molecule has 2 aromatic heterocycles. The number of hydrogen-bond acceptors (Lipinski definition) is 5. The van der Waals surface area contributed by atoms with E-state index in [1.807, 2.05) is 17.5 Å². The monoisotopic (exact) mass is 305 g/mol. The van der Waals surface area contributed by atoms with Gasteiger partial charge in [0, 0.05) is 12.6 Å². The quantitative estimate of drug-likeness (QED) is 0.943. The molecule has 0 bridgehead atoms. The first-order valence-corrected chi connectivity index (χ1v) is 8.03. The van der Waals surface area contributed by atoms with E-state index in [2.05, 4.69) is 22.2 Å². The van der Waals surface area contributed by atoms with Crippen molar-refractivity contribution < 1.29 is 9.21 Å². The molecule has 0 radical (unpaired) electrons. The molecule has 0 unspecified atom stereocenters. The minimum absolute atomic E-state index is 0.153. The highest BCUT2D eigenvalue weighted by atomic mass is 32.1. The van der Waals surface area contributed by atoms with Gasteiger partial charge in [0.1, 0.15) is 5.76 Å². The van der Waals surface area contributed by atoms with E-state index in [1.54, 1.807) is 18.3 Å². The third-order valence-corrected chi connectivity index (χ3v) is 4.77. The number of carbonyl (C=O) groups excluding carboxylic acids is 1. The van der Waals surface area contributed by atoms with Crippen molar-refractivity contribution in [2.24, 2.45) is 0 Å². The van der Waals surface area contributed by atoms with Crippen LogP contribution in [0.3, 0.4) is 0 Å². The first-order chi connectivity index (χ1) is 10.1. The molecule has 1 N–H and O–H groups in total. The summed E-state index contributed by atoms with van der Waals surface area (Å²) < 4.78 is 5.60. The van der Waals surface area contributed by atoms with E-state index in [0.717, 1.165) is 17.8 Å². The predicted molar refractivity (Wildman–Crippen MR) is 82.5 cm³/mol. The van der Waals surface area contributed by atoms with Gasteiger partial charge in [-0.15, -0.1) is 11.3 Å². The van der Waals surface area contributed by atoms with Crippen LogP contribution >= 0.6 is 11.3 Å². The summed E-state index contributed by atoms with van der Waals surface area (Å²) in [6, 6.07) is 4.30. The maximum atomic E-state index is 12.3. The zero-order chi connectivity index (χ0) is 14.8. The van der Waals surface area contributed by atoms with Gasteiger partial charge in [-0.2, -0.15) is 0 Å². The van der Waals surface area contributed by atoms with Gasteiger partial charge < -0.3 is 14.6 Å². The number of nitrogens with zero attached hydrogens (tertiary/aromatic N) is 2. The molecule has 0 aliphatic carbocycles. The minimum atomic E-state index is -0.153. The lowest BCUT2D eigenvalue weighted by Crippen LogP contribution is -2.38. The molecule has 5 nitrogen and oxygen atoms in total. The number of thiophene rings is 1. The Morgan fingerprint density at radius 1 is 1.62 bits per heavy atom. The van der Waals surface area contributed by atoms with Gasteiger partial charge in [0.25, 0.3) is 5.91 Å². The molecule has 1 amide bonds. The summed E-state index contributed by atoms with van der Waals surface area (Å²) in [4.78, 5) is 19.8. The van der Waals surface area contributed by atoms with E-state index in [4.69, 9.17) is 4.42 Å². The Labute approximate surface area is 128 Å². The first-order valence-electron chi connectivity index (χ1n) is 7.15. The molecule has 3 heterocycles. The number of aromatic nitrogens is 1. The van der Waals surface area contributed by atoms with E-state index in [1.165, 1.54) is 6.42 Å². The number of hydrogen-bond donors (Lipinski definition) is 1. The maximum absolute atomic E-state index is 12.3. The van der Waals surface area contributed by atoms with Gasteiger partial charge in [-0.3, -0.25) is 4.79 Å². The Balaban J connectivity index is 1.67.